The van der Waals surface area contributed by atoms with Gasteiger partial charge in [0.05, 0.1) is 23.3 Å². The van der Waals surface area contributed by atoms with E-state index >= 15 is 0 Å². The summed E-state index contributed by atoms with van der Waals surface area (Å²) in [5.41, 5.74) is 3.36. The molecule has 2 heterocycles. The van der Waals surface area contributed by atoms with Gasteiger partial charge in [-0.1, -0.05) is 19.9 Å². The largest absolute Gasteiger partial charge is 0.460 e. The second kappa shape index (κ2) is 6.71. The van der Waals surface area contributed by atoms with E-state index in [0.717, 1.165) is 17.8 Å². The van der Waals surface area contributed by atoms with E-state index in [1.54, 1.807) is 6.20 Å². The quantitative estimate of drug-likeness (QED) is 0.840. The number of allylic oxidation sites excluding steroid dienone is 3. The van der Waals surface area contributed by atoms with Gasteiger partial charge >= 0.3 is 5.97 Å². The van der Waals surface area contributed by atoms with Crippen LogP contribution in [0.3, 0.4) is 0 Å². The van der Waals surface area contributed by atoms with E-state index in [1.165, 1.54) is 0 Å². The van der Waals surface area contributed by atoms with Gasteiger partial charge in [-0.15, -0.1) is 0 Å². The first-order chi connectivity index (χ1) is 12.2. The van der Waals surface area contributed by atoms with Crippen LogP contribution in [0.4, 0.5) is 0 Å². The Bertz CT molecular complexity index is 804. The Morgan fingerprint density at radius 3 is 2.65 bits per heavy atom. The molecule has 0 amide bonds. The number of ketones is 1. The number of hydrogen-bond donors (Lipinski definition) is 1. The van der Waals surface area contributed by atoms with Gasteiger partial charge in [0.1, 0.15) is 0 Å². The van der Waals surface area contributed by atoms with Crippen molar-refractivity contribution in [3.63, 3.8) is 0 Å². The number of carbonyl (C=O) groups excluding carboxylic acids is 2. The third-order valence-corrected chi connectivity index (χ3v) is 4.79. The minimum absolute atomic E-state index is 0.0711. The predicted molar refractivity (Wildman–Crippen MR) is 99.1 cm³/mol. The summed E-state index contributed by atoms with van der Waals surface area (Å²) in [4.78, 5) is 30.3. The van der Waals surface area contributed by atoms with Gasteiger partial charge in [-0.3, -0.25) is 9.78 Å². The highest BCUT2D eigenvalue weighted by molar-refractivity contribution is 6.04. The Kier molecular flexibility index (Phi) is 4.74. The van der Waals surface area contributed by atoms with Crippen LogP contribution >= 0.6 is 0 Å². The van der Waals surface area contributed by atoms with Crippen LogP contribution in [0.2, 0.25) is 0 Å². The maximum Gasteiger partial charge on any atom is 0.337 e. The lowest BCUT2D eigenvalue weighted by Crippen LogP contribution is -2.39. The van der Waals surface area contributed by atoms with Crippen molar-refractivity contribution in [1.82, 2.24) is 10.3 Å². The summed E-state index contributed by atoms with van der Waals surface area (Å²) in [6, 6.07) is 5.57. The summed E-state index contributed by atoms with van der Waals surface area (Å²) in [5, 5.41) is 3.32. The highest BCUT2D eigenvalue weighted by Crippen LogP contribution is 2.46. The first-order valence-electron chi connectivity index (χ1n) is 9.05. The Morgan fingerprint density at radius 1 is 1.31 bits per heavy atom. The van der Waals surface area contributed by atoms with E-state index in [9.17, 15) is 9.59 Å². The fourth-order valence-electron chi connectivity index (χ4n) is 3.83. The Balaban J connectivity index is 2.14. The molecule has 26 heavy (non-hydrogen) atoms. The van der Waals surface area contributed by atoms with Crippen LogP contribution in [-0.2, 0) is 14.3 Å². The molecule has 0 bridgehead atoms. The van der Waals surface area contributed by atoms with E-state index < -0.39 is 11.9 Å². The minimum atomic E-state index is -0.484. The maximum absolute atomic E-state index is 13.0. The predicted octanol–water partition coefficient (Wildman–Crippen LogP) is 3.64. The molecule has 0 radical (unpaired) electrons. The number of ether oxygens (including phenoxy) is 1. The van der Waals surface area contributed by atoms with Crippen LogP contribution in [0, 0.1) is 5.41 Å². The molecular formula is C21H26N2O3. The van der Waals surface area contributed by atoms with Crippen LogP contribution in [0.5, 0.6) is 0 Å². The van der Waals surface area contributed by atoms with Crippen LogP contribution < -0.4 is 5.32 Å². The molecule has 1 aromatic heterocycles. The molecule has 1 atom stereocenters. The van der Waals surface area contributed by atoms with Crippen molar-refractivity contribution in [2.24, 2.45) is 5.41 Å². The number of dihydropyridines is 1. The SMILES string of the molecule is CC1=C(C(=O)OC(C)C)[C@H](c2ccccn2)C2=C(CC(C)(C)CC2=O)N1. The molecule has 1 N–H and O–H groups in total. The third kappa shape index (κ3) is 3.43. The zero-order valence-corrected chi connectivity index (χ0v) is 16.1. The molecule has 5 heteroatoms. The van der Waals surface area contributed by atoms with Crippen molar-refractivity contribution in [3.8, 4) is 0 Å². The third-order valence-electron chi connectivity index (χ3n) is 4.79. The van der Waals surface area contributed by atoms with E-state index in [2.05, 4.69) is 24.1 Å². The molecule has 1 aliphatic carbocycles. The fourth-order valence-corrected chi connectivity index (χ4v) is 3.83. The highest BCUT2D eigenvalue weighted by Gasteiger charge is 2.43. The van der Waals surface area contributed by atoms with Gasteiger partial charge in [0.2, 0.25) is 0 Å². The number of Topliss-reactive ketones (excluding diaryl/α,β-unsaturated/α-hetero) is 1. The molecule has 0 fully saturated rings. The first kappa shape index (κ1) is 18.4. The lowest BCUT2D eigenvalue weighted by atomic mass is 9.69. The molecule has 1 aromatic rings. The average molecular weight is 354 g/mol. The molecule has 0 aromatic carbocycles. The lowest BCUT2D eigenvalue weighted by molar-refractivity contribution is -0.143. The lowest BCUT2D eigenvalue weighted by Gasteiger charge is -2.39. The topological polar surface area (TPSA) is 68.3 Å². The van der Waals surface area contributed by atoms with Crippen LogP contribution in [0.1, 0.15) is 59.1 Å². The number of nitrogens with zero attached hydrogens (tertiary/aromatic N) is 1. The molecule has 0 saturated heterocycles. The van der Waals surface area contributed by atoms with E-state index in [1.807, 2.05) is 39.0 Å². The minimum Gasteiger partial charge on any atom is -0.460 e. The number of esters is 1. The number of pyridine rings is 1. The fraction of sp³-hybridized carbons (Fsp3) is 0.476. The summed E-state index contributed by atoms with van der Waals surface area (Å²) in [6.07, 6.45) is 2.68. The number of aromatic nitrogens is 1. The Morgan fingerprint density at radius 2 is 2.04 bits per heavy atom. The Labute approximate surface area is 154 Å². The second-order valence-corrected chi connectivity index (χ2v) is 8.14. The zero-order chi connectivity index (χ0) is 19.1. The number of rotatable bonds is 3. The van der Waals surface area contributed by atoms with Gasteiger partial charge in [0.15, 0.2) is 5.78 Å². The monoisotopic (exact) mass is 354 g/mol. The number of carbonyl (C=O) groups is 2. The summed E-state index contributed by atoms with van der Waals surface area (Å²) in [7, 11) is 0. The molecule has 2 aliphatic rings. The average Bonchev–Trinajstić information content (AvgIpc) is 2.52. The van der Waals surface area contributed by atoms with Crippen LogP contribution in [0.25, 0.3) is 0 Å². The Hall–Kier alpha value is -2.43. The molecule has 0 saturated carbocycles. The van der Waals surface area contributed by atoms with Crippen molar-refractivity contribution in [2.45, 2.75) is 59.5 Å². The van der Waals surface area contributed by atoms with Crippen molar-refractivity contribution < 1.29 is 14.3 Å². The smallest absolute Gasteiger partial charge is 0.337 e. The molecule has 138 valence electrons. The van der Waals surface area contributed by atoms with Gasteiger partial charge < -0.3 is 10.1 Å². The van der Waals surface area contributed by atoms with E-state index in [4.69, 9.17) is 4.74 Å². The van der Waals surface area contributed by atoms with Gasteiger partial charge in [-0.05, 0) is 44.7 Å². The van der Waals surface area contributed by atoms with Crippen molar-refractivity contribution in [3.05, 3.63) is 52.6 Å². The van der Waals surface area contributed by atoms with Gasteiger partial charge in [0, 0.05) is 29.6 Å². The summed E-state index contributed by atoms with van der Waals surface area (Å²) >= 11 is 0. The first-order valence-corrected chi connectivity index (χ1v) is 9.05. The summed E-state index contributed by atoms with van der Waals surface area (Å²) in [5.74, 6) is -0.811. The number of hydrogen-bond acceptors (Lipinski definition) is 5. The molecule has 3 rings (SSSR count). The zero-order valence-electron chi connectivity index (χ0n) is 16.1. The van der Waals surface area contributed by atoms with Crippen molar-refractivity contribution in [2.75, 3.05) is 0 Å². The van der Waals surface area contributed by atoms with Crippen LogP contribution in [0.15, 0.2) is 46.9 Å². The van der Waals surface area contributed by atoms with Gasteiger partial charge in [0.25, 0.3) is 0 Å². The van der Waals surface area contributed by atoms with Crippen LogP contribution in [-0.4, -0.2) is 22.8 Å². The van der Waals surface area contributed by atoms with E-state index in [0.29, 0.717) is 23.3 Å². The standard InChI is InChI=1S/C21H26N2O3/c1-12(2)26-20(25)17-13(3)23-15-10-21(4,5)11-16(24)18(15)19(17)14-8-6-7-9-22-14/h6-9,12,19,23H,10-11H2,1-5H3/t19-/m0/s1. The second-order valence-electron chi connectivity index (χ2n) is 8.14. The summed E-state index contributed by atoms with van der Waals surface area (Å²) in [6.45, 7) is 9.68. The maximum atomic E-state index is 13.0. The molecule has 0 unspecified atom stereocenters. The molecule has 5 nitrogen and oxygen atoms in total. The summed E-state index contributed by atoms with van der Waals surface area (Å²) < 4.78 is 5.47. The highest BCUT2D eigenvalue weighted by atomic mass is 16.5. The normalized spacial score (nSPS) is 22.2. The van der Waals surface area contributed by atoms with E-state index in [-0.39, 0.29) is 17.3 Å². The van der Waals surface area contributed by atoms with Crippen molar-refractivity contribution in [1.29, 1.82) is 0 Å². The number of nitrogens with one attached hydrogen (secondary N) is 1. The molecular weight excluding hydrogens is 328 g/mol. The molecule has 0 spiro atoms. The van der Waals surface area contributed by atoms with Gasteiger partial charge in [-0.25, -0.2) is 4.79 Å². The van der Waals surface area contributed by atoms with Crippen molar-refractivity contribution >= 4 is 11.8 Å². The molecule has 1 aliphatic heterocycles. The van der Waals surface area contributed by atoms with Gasteiger partial charge in [-0.2, -0.15) is 0 Å².